The Balaban J connectivity index is 3.43. The molecule has 0 aliphatic heterocycles. The Morgan fingerprint density at radius 3 is 1.42 bits per heavy atom. The van der Waals surface area contributed by atoms with Gasteiger partial charge in [0.15, 0.2) is 0 Å². The second-order valence-corrected chi connectivity index (χ2v) is 8.62. The van der Waals surface area contributed by atoms with Crippen molar-refractivity contribution >= 4 is 23.6 Å². The fraction of sp³-hybridized carbons (Fsp3) is 0.833. The van der Waals surface area contributed by atoms with E-state index < -0.39 is 18.0 Å². The molecule has 1 atom stereocenters. The molecule has 0 unspecified atom stereocenters. The lowest BCUT2D eigenvalue weighted by Gasteiger charge is -2.14. The van der Waals surface area contributed by atoms with Gasteiger partial charge in [0, 0.05) is 18.6 Å². The maximum absolute atomic E-state index is 11.9. The minimum absolute atomic E-state index is 0.211. The first-order valence-corrected chi connectivity index (χ1v) is 12.1. The standard InChI is InChI=1S/C24H44N2O5/c1-20(25)18-19-21(24(30)31)26-22(27)16-14-12-10-8-6-4-2-3-5-7-9-11-13-15-17-23(28)29/h21,25H,2-19H2,1H3,(H,26,27)(H,28,29)(H,30,31)/t21-/m0/s1. The molecule has 0 saturated carbocycles. The molecule has 31 heavy (non-hydrogen) atoms. The Morgan fingerprint density at radius 1 is 0.677 bits per heavy atom. The van der Waals surface area contributed by atoms with Gasteiger partial charge in [-0.25, -0.2) is 4.79 Å². The van der Waals surface area contributed by atoms with Gasteiger partial charge in [0.05, 0.1) is 0 Å². The molecule has 0 heterocycles. The maximum atomic E-state index is 11.9. The van der Waals surface area contributed by atoms with E-state index in [-0.39, 0.29) is 12.3 Å². The maximum Gasteiger partial charge on any atom is 0.326 e. The summed E-state index contributed by atoms with van der Waals surface area (Å²) in [5.41, 5.74) is 0.422. The van der Waals surface area contributed by atoms with Crippen molar-refractivity contribution in [2.45, 2.75) is 129 Å². The van der Waals surface area contributed by atoms with E-state index >= 15 is 0 Å². The van der Waals surface area contributed by atoms with E-state index in [2.05, 4.69) is 5.32 Å². The number of aliphatic carboxylic acids is 2. The lowest BCUT2D eigenvalue weighted by atomic mass is 10.0. The monoisotopic (exact) mass is 440 g/mol. The zero-order valence-electron chi connectivity index (χ0n) is 19.4. The first-order chi connectivity index (χ1) is 14.8. The molecule has 0 rings (SSSR count). The Kier molecular flexibility index (Phi) is 18.8. The molecule has 0 spiro atoms. The second-order valence-electron chi connectivity index (χ2n) is 8.62. The van der Waals surface area contributed by atoms with Crippen LogP contribution in [-0.2, 0) is 14.4 Å². The minimum atomic E-state index is -1.04. The number of carbonyl (C=O) groups is 3. The Morgan fingerprint density at radius 2 is 1.06 bits per heavy atom. The summed E-state index contributed by atoms with van der Waals surface area (Å²) in [4.78, 5) is 33.5. The van der Waals surface area contributed by atoms with Gasteiger partial charge in [-0.15, -0.1) is 0 Å². The van der Waals surface area contributed by atoms with Crippen LogP contribution in [0.25, 0.3) is 0 Å². The van der Waals surface area contributed by atoms with Crippen molar-refractivity contribution in [3.05, 3.63) is 0 Å². The fourth-order valence-electron chi connectivity index (χ4n) is 3.57. The normalized spacial score (nSPS) is 11.8. The molecule has 7 nitrogen and oxygen atoms in total. The van der Waals surface area contributed by atoms with Gasteiger partial charge >= 0.3 is 11.9 Å². The molecule has 0 radical (unpaired) electrons. The molecule has 0 fully saturated rings. The summed E-state index contributed by atoms with van der Waals surface area (Å²) >= 11 is 0. The quantitative estimate of drug-likeness (QED) is 0.127. The van der Waals surface area contributed by atoms with Crippen LogP contribution in [-0.4, -0.2) is 39.8 Å². The number of carboxylic acids is 2. The highest BCUT2D eigenvalue weighted by molar-refractivity contribution is 5.84. The van der Waals surface area contributed by atoms with Crippen LogP contribution in [0.4, 0.5) is 0 Å². The summed E-state index contributed by atoms with van der Waals surface area (Å²) in [6.07, 6.45) is 17.1. The third-order valence-corrected chi connectivity index (χ3v) is 5.49. The van der Waals surface area contributed by atoms with Crippen LogP contribution in [0.2, 0.25) is 0 Å². The molecule has 0 aliphatic carbocycles. The summed E-state index contributed by atoms with van der Waals surface area (Å²) in [5, 5.41) is 27.7. The van der Waals surface area contributed by atoms with E-state index in [0.717, 1.165) is 38.5 Å². The SMILES string of the molecule is CC(=N)CC[C@H](NC(=O)CCCCCCCCCCCCCCCCC(=O)O)C(=O)O. The van der Waals surface area contributed by atoms with E-state index in [4.69, 9.17) is 15.6 Å². The van der Waals surface area contributed by atoms with Gasteiger partial charge in [-0.1, -0.05) is 77.0 Å². The van der Waals surface area contributed by atoms with Crippen molar-refractivity contribution in [2.24, 2.45) is 0 Å². The number of hydrogen-bond acceptors (Lipinski definition) is 4. The smallest absolute Gasteiger partial charge is 0.326 e. The summed E-state index contributed by atoms with van der Waals surface area (Å²) < 4.78 is 0. The number of hydrogen-bond donors (Lipinski definition) is 4. The van der Waals surface area contributed by atoms with Gasteiger partial charge in [0.25, 0.3) is 0 Å². The topological polar surface area (TPSA) is 128 Å². The van der Waals surface area contributed by atoms with Crippen molar-refractivity contribution in [3.63, 3.8) is 0 Å². The number of unbranched alkanes of at least 4 members (excludes halogenated alkanes) is 13. The van der Waals surface area contributed by atoms with Gasteiger partial charge in [-0.2, -0.15) is 0 Å². The molecular weight excluding hydrogens is 396 g/mol. The van der Waals surface area contributed by atoms with Crippen molar-refractivity contribution in [1.29, 1.82) is 5.41 Å². The third-order valence-electron chi connectivity index (χ3n) is 5.49. The zero-order valence-corrected chi connectivity index (χ0v) is 19.4. The first-order valence-electron chi connectivity index (χ1n) is 12.1. The highest BCUT2D eigenvalue weighted by Gasteiger charge is 2.19. The van der Waals surface area contributed by atoms with Gasteiger partial charge in [0.1, 0.15) is 6.04 Å². The molecule has 0 aromatic carbocycles. The Bertz CT molecular complexity index is 522. The highest BCUT2D eigenvalue weighted by atomic mass is 16.4. The Labute approximate surface area is 187 Å². The Hall–Kier alpha value is -1.92. The molecular formula is C24H44N2O5. The van der Waals surface area contributed by atoms with Crippen LogP contribution < -0.4 is 5.32 Å². The van der Waals surface area contributed by atoms with Crippen LogP contribution in [0.3, 0.4) is 0 Å². The number of carbonyl (C=O) groups excluding carboxylic acids is 1. The lowest BCUT2D eigenvalue weighted by molar-refractivity contribution is -0.142. The highest BCUT2D eigenvalue weighted by Crippen LogP contribution is 2.14. The molecule has 1 amide bonds. The first kappa shape index (κ1) is 29.1. The second kappa shape index (κ2) is 20.0. The predicted molar refractivity (Wildman–Crippen MR) is 124 cm³/mol. The van der Waals surface area contributed by atoms with Crippen molar-refractivity contribution < 1.29 is 24.6 Å². The lowest BCUT2D eigenvalue weighted by Crippen LogP contribution is -2.40. The number of carboxylic acid groups (broad SMARTS) is 2. The zero-order chi connectivity index (χ0) is 23.3. The summed E-state index contributed by atoms with van der Waals surface area (Å²) in [6, 6.07) is -0.898. The summed E-state index contributed by atoms with van der Waals surface area (Å²) in [7, 11) is 0. The van der Waals surface area contributed by atoms with Gasteiger partial charge in [0.2, 0.25) is 5.91 Å². The predicted octanol–water partition coefficient (Wildman–Crippen LogP) is 5.70. The van der Waals surface area contributed by atoms with Gasteiger partial charge < -0.3 is 20.9 Å². The van der Waals surface area contributed by atoms with E-state index in [9.17, 15) is 14.4 Å². The molecule has 0 aromatic heterocycles. The fourth-order valence-corrected chi connectivity index (χ4v) is 3.57. The van der Waals surface area contributed by atoms with E-state index in [1.165, 1.54) is 51.4 Å². The van der Waals surface area contributed by atoms with Crippen molar-refractivity contribution in [3.8, 4) is 0 Å². The molecule has 0 aromatic rings. The average Bonchev–Trinajstić information content (AvgIpc) is 2.70. The number of rotatable bonds is 22. The van der Waals surface area contributed by atoms with E-state index in [1.807, 2.05) is 0 Å². The van der Waals surface area contributed by atoms with Crippen LogP contribution in [0.5, 0.6) is 0 Å². The average molecular weight is 441 g/mol. The number of nitrogens with one attached hydrogen (secondary N) is 2. The van der Waals surface area contributed by atoms with Crippen molar-refractivity contribution in [1.82, 2.24) is 5.32 Å². The molecule has 4 N–H and O–H groups in total. The largest absolute Gasteiger partial charge is 0.481 e. The molecule has 0 aliphatic rings. The van der Waals surface area contributed by atoms with Crippen molar-refractivity contribution in [2.75, 3.05) is 0 Å². The van der Waals surface area contributed by atoms with E-state index in [0.29, 0.717) is 25.0 Å². The minimum Gasteiger partial charge on any atom is -0.481 e. The van der Waals surface area contributed by atoms with Crippen LogP contribution in [0.15, 0.2) is 0 Å². The molecule has 0 saturated heterocycles. The van der Waals surface area contributed by atoms with Crippen LogP contribution >= 0.6 is 0 Å². The molecule has 180 valence electrons. The third kappa shape index (κ3) is 21.1. The van der Waals surface area contributed by atoms with Crippen LogP contribution in [0, 0.1) is 5.41 Å². The molecule has 0 bridgehead atoms. The number of amides is 1. The van der Waals surface area contributed by atoms with Gasteiger partial charge in [-0.05, 0) is 32.6 Å². The van der Waals surface area contributed by atoms with E-state index in [1.54, 1.807) is 6.92 Å². The van der Waals surface area contributed by atoms with Gasteiger partial charge in [-0.3, -0.25) is 9.59 Å². The molecule has 7 heteroatoms. The summed E-state index contributed by atoms with van der Waals surface area (Å²) in [5.74, 6) is -1.94. The summed E-state index contributed by atoms with van der Waals surface area (Å²) in [6.45, 7) is 1.64. The van der Waals surface area contributed by atoms with Crippen LogP contribution in [0.1, 0.15) is 122 Å².